The first-order valence-electron chi connectivity index (χ1n) is 12.4. The van der Waals surface area contributed by atoms with E-state index in [-0.39, 0.29) is 23.2 Å². The van der Waals surface area contributed by atoms with E-state index in [2.05, 4.69) is 24.5 Å². The minimum atomic E-state index is -0.674. The highest BCUT2D eigenvalue weighted by atomic mass is 16.6. The third-order valence-electron chi connectivity index (χ3n) is 5.97. The summed E-state index contributed by atoms with van der Waals surface area (Å²) in [6.45, 7) is 19.6. The van der Waals surface area contributed by atoms with E-state index in [0.29, 0.717) is 12.3 Å². The Labute approximate surface area is 213 Å². The second kappa shape index (κ2) is 14.4. The van der Waals surface area contributed by atoms with Gasteiger partial charge in [-0.1, -0.05) is 44.2 Å². The van der Waals surface area contributed by atoms with E-state index in [0.717, 1.165) is 12.0 Å². The number of carbonyl (C=O) groups excluding carboxylic acids is 2. The second-order valence-electron chi connectivity index (χ2n) is 11.4. The number of alkyl carbamates (subject to hydrolysis) is 1. The van der Waals surface area contributed by atoms with Crippen LogP contribution in [-0.4, -0.2) is 55.1 Å². The number of amides is 2. The van der Waals surface area contributed by atoms with Crippen molar-refractivity contribution in [1.82, 2.24) is 10.6 Å². The summed E-state index contributed by atoms with van der Waals surface area (Å²) in [5.41, 5.74) is -0.0954. The maximum atomic E-state index is 12.7. The molecule has 0 heterocycles. The standard InChI is InChI=1S/C20H32N2O3.C8H18O2/c1-14(2)12-15(3)21-18(23)17(13-16-10-8-7-9-11-16)22-19(24)25-20(4,5)6;1-7(2,9-5)8(3,4)10-6/h7-11,14-15,17H,12-13H2,1-6H3,(H,21,23)(H,22,24);1-6H3/t15-,17+;/m1./s1. The van der Waals surface area contributed by atoms with Crippen LogP contribution >= 0.6 is 0 Å². The number of ether oxygens (including phenoxy) is 3. The molecule has 35 heavy (non-hydrogen) atoms. The van der Waals surface area contributed by atoms with Crippen molar-refractivity contribution < 1.29 is 23.8 Å². The quantitative estimate of drug-likeness (QED) is 0.448. The van der Waals surface area contributed by atoms with Gasteiger partial charge < -0.3 is 24.8 Å². The highest BCUT2D eigenvalue weighted by molar-refractivity contribution is 5.86. The molecule has 0 aliphatic rings. The molecule has 1 rings (SSSR count). The highest BCUT2D eigenvalue weighted by Crippen LogP contribution is 2.27. The Morgan fingerprint density at radius 2 is 1.31 bits per heavy atom. The maximum absolute atomic E-state index is 12.7. The lowest BCUT2D eigenvalue weighted by Crippen LogP contribution is -2.51. The fraction of sp³-hybridized carbons (Fsp3) is 0.714. The van der Waals surface area contributed by atoms with Gasteiger partial charge in [0.25, 0.3) is 0 Å². The lowest BCUT2D eigenvalue weighted by molar-refractivity contribution is -0.147. The van der Waals surface area contributed by atoms with Gasteiger partial charge in [0.1, 0.15) is 11.6 Å². The molecule has 0 fully saturated rings. The Kier molecular flexibility index (Phi) is 13.6. The lowest BCUT2D eigenvalue weighted by atomic mass is 9.89. The van der Waals surface area contributed by atoms with Crippen LogP contribution in [0.2, 0.25) is 0 Å². The molecule has 2 N–H and O–H groups in total. The highest BCUT2D eigenvalue weighted by Gasteiger charge is 2.37. The first-order valence-corrected chi connectivity index (χ1v) is 12.4. The van der Waals surface area contributed by atoms with Crippen molar-refractivity contribution in [2.45, 2.75) is 111 Å². The molecule has 0 unspecified atom stereocenters. The van der Waals surface area contributed by atoms with Gasteiger partial charge in [-0.3, -0.25) is 4.79 Å². The van der Waals surface area contributed by atoms with Gasteiger partial charge in [0, 0.05) is 26.7 Å². The normalized spacial score (nSPS) is 13.9. The van der Waals surface area contributed by atoms with Gasteiger partial charge in [-0.25, -0.2) is 4.79 Å². The minimum absolute atomic E-state index is 0.0474. The summed E-state index contributed by atoms with van der Waals surface area (Å²) < 4.78 is 15.8. The van der Waals surface area contributed by atoms with E-state index in [1.54, 1.807) is 35.0 Å². The Bertz CT molecular complexity index is 740. The SMILES string of the molecule is CC(C)C[C@@H](C)NC(=O)[C@H](Cc1ccccc1)NC(=O)OC(C)(C)C.COC(C)(C)C(C)(C)OC. The summed E-state index contributed by atoms with van der Waals surface area (Å²) in [5.74, 6) is 0.296. The molecule has 0 aliphatic heterocycles. The van der Waals surface area contributed by atoms with Crippen LogP contribution in [-0.2, 0) is 25.4 Å². The van der Waals surface area contributed by atoms with Crippen molar-refractivity contribution >= 4 is 12.0 Å². The Morgan fingerprint density at radius 3 is 1.71 bits per heavy atom. The molecule has 0 aliphatic carbocycles. The molecule has 1 aromatic carbocycles. The summed E-state index contributed by atoms with van der Waals surface area (Å²) in [5, 5.41) is 5.70. The molecule has 0 saturated heterocycles. The number of nitrogens with one attached hydrogen (secondary N) is 2. The minimum Gasteiger partial charge on any atom is -0.444 e. The number of methoxy groups -OCH3 is 2. The molecule has 0 radical (unpaired) electrons. The monoisotopic (exact) mass is 494 g/mol. The summed E-state index contributed by atoms with van der Waals surface area (Å²) in [6, 6.07) is 9.00. The zero-order valence-electron chi connectivity index (χ0n) is 24.1. The fourth-order valence-corrected chi connectivity index (χ4v) is 3.11. The van der Waals surface area contributed by atoms with E-state index in [9.17, 15) is 9.59 Å². The molecule has 0 saturated carbocycles. The third kappa shape index (κ3) is 13.5. The Hall–Kier alpha value is -2.12. The molecule has 7 nitrogen and oxygen atoms in total. The van der Waals surface area contributed by atoms with Crippen LogP contribution < -0.4 is 10.6 Å². The maximum Gasteiger partial charge on any atom is 0.408 e. The number of hydrogen-bond acceptors (Lipinski definition) is 5. The molecule has 7 heteroatoms. The van der Waals surface area contributed by atoms with Crippen LogP contribution in [0, 0.1) is 5.92 Å². The van der Waals surface area contributed by atoms with Crippen LogP contribution in [0.1, 0.15) is 81.2 Å². The molecule has 202 valence electrons. The van der Waals surface area contributed by atoms with Gasteiger partial charge in [0.2, 0.25) is 5.91 Å². The first kappa shape index (κ1) is 32.9. The molecule has 1 aromatic rings. The van der Waals surface area contributed by atoms with E-state index >= 15 is 0 Å². The number of hydrogen-bond donors (Lipinski definition) is 2. The molecule has 0 bridgehead atoms. The summed E-state index contributed by atoms with van der Waals surface area (Å²) in [4.78, 5) is 24.8. The second-order valence-corrected chi connectivity index (χ2v) is 11.4. The van der Waals surface area contributed by atoms with E-state index in [4.69, 9.17) is 14.2 Å². The molecule has 0 spiro atoms. The number of rotatable bonds is 10. The zero-order valence-corrected chi connectivity index (χ0v) is 24.1. The molecular weight excluding hydrogens is 444 g/mol. The van der Waals surface area contributed by atoms with Crippen LogP contribution in [0.25, 0.3) is 0 Å². The van der Waals surface area contributed by atoms with Crippen LogP contribution in [0.15, 0.2) is 30.3 Å². The summed E-state index contributed by atoms with van der Waals surface area (Å²) in [6.07, 6.45) is 0.719. The van der Waals surface area contributed by atoms with Crippen molar-refractivity contribution in [3.05, 3.63) is 35.9 Å². The van der Waals surface area contributed by atoms with Crippen LogP contribution in [0.5, 0.6) is 0 Å². The predicted octanol–water partition coefficient (Wildman–Crippen LogP) is 5.51. The third-order valence-corrected chi connectivity index (χ3v) is 5.97. The van der Waals surface area contributed by atoms with Crippen molar-refractivity contribution in [1.29, 1.82) is 0 Å². The Morgan fingerprint density at radius 1 is 0.829 bits per heavy atom. The molecule has 0 aromatic heterocycles. The van der Waals surface area contributed by atoms with Gasteiger partial charge in [0.05, 0.1) is 11.2 Å². The van der Waals surface area contributed by atoms with Gasteiger partial charge in [-0.05, 0) is 73.3 Å². The van der Waals surface area contributed by atoms with Crippen molar-refractivity contribution in [3.63, 3.8) is 0 Å². The predicted molar refractivity (Wildman–Crippen MR) is 143 cm³/mol. The lowest BCUT2D eigenvalue weighted by Gasteiger charge is -2.38. The topological polar surface area (TPSA) is 85.9 Å². The Balaban J connectivity index is 0.000000972. The van der Waals surface area contributed by atoms with Crippen LogP contribution in [0.3, 0.4) is 0 Å². The van der Waals surface area contributed by atoms with E-state index < -0.39 is 17.7 Å². The summed E-state index contributed by atoms with van der Waals surface area (Å²) in [7, 11) is 3.39. The van der Waals surface area contributed by atoms with Gasteiger partial charge in [-0.2, -0.15) is 0 Å². The first-order chi connectivity index (χ1) is 15.9. The molecular formula is C28H50N2O5. The zero-order chi connectivity index (χ0) is 27.4. The van der Waals surface area contributed by atoms with Crippen molar-refractivity contribution in [3.8, 4) is 0 Å². The largest absolute Gasteiger partial charge is 0.444 e. The smallest absolute Gasteiger partial charge is 0.408 e. The van der Waals surface area contributed by atoms with Gasteiger partial charge in [0.15, 0.2) is 0 Å². The average molecular weight is 495 g/mol. The van der Waals surface area contributed by atoms with E-state index in [1.807, 2.05) is 65.0 Å². The summed E-state index contributed by atoms with van der Waals surface area (Å²) >= 11 is 0. The molecule has 2 amide bonds. The van der Waals surface area contributed by atoms with Crippen molar-refractivity contribution in [2.24, 2.45) is 5.92 Å². The fourth-order valence-electron chi connectivity index (χ4n) is 3.11. The van der Waals surface area contributed by atoms with E-state index in [1.165, 1.54) is 0 Å². The van der Waals surface area contributed by atoms with Crippen LogP contribution in [0.4, 0.5) is 4.79 Å². The van der Waals surface area contributed by atoms with Gasteiger partial charge >= 0.3 is 6.09 Å². The number of benzene rings is 1. The average Bonchev–Trinajstić information content (AvgIpc) is 2.72. The molecule has 2 atom stereocenters. The van der Waals surface area contributed by atoms with Gasteiger partial charge in [-0.15, -0.1) is 0 Å². The number of carbonyl (C=O) groups is 2. The van der Waals surface area contributed by atoms with Crippen molar-refractivity contribution in [2.75, 3.05) is 14.2 Å².